The van der Waals surface area contributed by atoms with E-state index in [2.05, 4.69) is 35.0 Å². The molecule has 5 rings (SSSR count). The summed E-state index contributed by atoms with van der Waals surface area (Å²) in [6.07, 6.45) is 6.88. The van der Waals surface area contributed by atoms with E-state index in [0.717, 1.165) is 58.6 Å². The number of carbonyl (C=O) groups excluding carboxylic acids is 1. The minimum absolute atomic E-state index is 0.0167. The van der Waals surface area contributed by atoms with Crippen LogP contribution in [-0.2, 0) is 24.6 Å². The van der Waals surface area contributed by atoms with E-state index >= 15 is 0 Å². The molecule has 1 amide bonds. The Balaban J connectivity index is 0.00000167. The largest absolute Gasteiger partial charge is 0.488 e. The fraction of sp³-hybridized carbons (Fsp3) is 0.316. The Morgan fingerprint density at radius 1 is 0.958 bits per heavy atom. The molecular weight excluding hydrogens is 628 g/mol. The van der Waals surface area contributed by atoms with E-state index < -0.39 is 0 Å². The van der Waals surface area contributed by atoms with Gasteiger partial charge in [-0.1, -0.05) is 48.4 Å². The van der Waals surface area contributed by atoms with Crippen molar-refractivity contribution < 1.29 is 24.2 Å². The van der Waals surface area contributed by atoms with E-state index in [-0.39, 0.29) is 19.0 Å². The van der Waals surface area contributed by atoms with Crippen molar-refractivity contribution in [2.45, 2.75) is 52.9 Å². The third-order valence-corrected chi connectivity index (χ3v) is 8.66. The highest BCUT2D eigenvalue weighted by Crippen LogP contribution is 2.36. The van der Waals surface area contributed by atoms with Crippen molar-refractivity contribution in [2.75, 3.05) is 27.2 Å². The summed E-state index contributed by atoms with van der Waals surface area (Å²) in [6.45, 7) is 7.24. The Hall–Kier alpha value is -4.91. The maximum Gasteiger partial charge on any atom is 0.290 e. The molecule has 0 atom stereocenters. The lowest BCUT2D eigenvalue weighted by molar-refractivity contribution is -0.122. The smallest absolute Gasteiger partial charge is 0.290 e. The summed E-state index contributed by atoms with van der Waals surface area (Å²) in [4.78, 5) is 29.3. The van der Waals surface area contributed by atoms with Crippen molar-refractivity contribution in [2.24, 2.45) is 0 Å². The van der Waals surface area contributed by atoms with Crippen LogP contribution < -0.4 is 9.47 Å². The van der Waals surface area contributed by atoms with Crippen LogP contribution in [0, 0.1) is 25.2 Å². The third kappa shape index (κ3) is 9.12. The first-order valence-corrected chi connectivity index (χ1v) is 16.2. The summed E-state index contributed by atoms with van der Waals surface area (Å²) in [5.74, 6) is 1.22. The molecule has 1 aliphatic rings. The Kier molecular flexibility index (Phi) is 13.0. The Morgan fingerprint density at radius 3 is 2.31 bits per heavy atom. The number of halogens is 1. The van der Waals surface area contributed by atoms with Gasteiger partial charge in [0, 0.05) is 55.8 Å². The first-order valence-electron chi connectivity index (χ1n) is 15.8. The first kappa shape index (κ1) is 35.9. The third-order valence-electron chi connectivity index (χ3n) is 8.37. The highest BCUT2D eigenvalue weighted by Gasteiger charge is 2.19. The van der Waals surface area contributed by atoms with Crippen LogP contribution >= 0.6 is 11.6 Å². The van der Waals surface area contributed by atoms with Gasteiger partial charge in [0.2, 0.25) is 0 Å². The second-order valence-corrected chi connectivity index (χ2v) is 12.3. The molecular formula is C38H41ClN4O5. The Labute approximate surface area is 287 Å². The number of carboxylic acid groups (broad SMARTS) is 1. The topological polar surface area (TPSA) is 116 Å². The number of nitriles is 1. The highest BCUT2D eigenvalue weighted by atomic mass is 35.5. The van der Waals surface area contributed by atoms with Crippen LogP contribution in [0.5, 0.6) is 11.5 Å². The number of aromatic nitrogens is 1. The van der Waals surface area contributed by atoms with Gasteiger partial charge < -0.3 is 19.5 Å². The second kappa shape index (κ2) is 17.3. The monoisotopic (exact) mass is 668 g/mol. The number of likely N-dealkylation sites (tertiary alicyclic amines) is 1. The summed E-state index contributed by atoms with van der Waals surface area (Å²) in [7, 11) is 3.53. The molecule has 3 aromatic carbocycles. The van der Waals surface area contributed by atoms with Gasteiger partial charge in [0.25, 0.3) is 12.4 Å². The number of piperidine rings is 1. The standard InChI is InChI=1S/C37H39ClN4O3.CH2O2/c1-25-29(10-8-11-31(25)32-12-9-13-33(26(32)2)37(43)41(3)4)24-45-36-18-35(44-23-28-16-27(19-39)20-40-21-28)30(17-34(36)38)22-42-14-6-5-7-15-42;2-1-3/h8-13,16-18,20-21H,5-7,14-15,22-24H2,1-4H3;1H,(H,2,3). The van der Waals surface area contributed by atoms with Crippen molar-refractivity contribution in [3.05, 3.63) is 111 Å². The zero-order chi connectivity index (χ0) is 34.6. The van der Waals surface area contributed by atoms with Crippen molar-refractivity contribution in [3.8, 4) is 28.7 Å². The quantitative estimate of drug-likeness (QED) is 0.173. The Bertz CT molecular complexity index is 1780. The van der Waals surface area contributed by atoms with Crippen LogP contribution in [-0.4, -0.2) is 59.5 Å². The minimum atomic E-state index is -0.250. The fourth-order valence-corrected chi connectivity index (χ4v) is 6.02. The predicted octanol–water partition coefficient (Wildman–Crippen LogP) is 7.44. The van der Waals surface area contributed by atoms with Gasteiger partial charge in [-0.3, -0.25) is 19.5 Å². The number of nitrogens with zero attached hydrogens (tertiary/aromatic N) is 4. The molecule has 0 saturated carbocycles. The molecule has 0 spiro atoms. The molecule has 1 fully saturated rings. The minimum Gasteiger partial charge on any atom is -0.488 e. The SMILES string of the molecule is Cc1c(COc2cc(OCc3cncc(C#N)c3)c(CN3CCCCC3)cc2Cl)cccc1-c1cccc(C(=O)N(C)C)c1C.O=CO. The molecule has 250 valence electrons. The summed E-state index contributed by atoms with van der Waals surface area (Å²) in [5.41, 5.74) is 8.12. The molecule has 0 unspecified atom stereocenters. The molecule has 1 aliphatic heterocycles. The lowest BCUT2D eigenvalue weighted by atomic mass is 9.91. The van der Waals surface area contributed by atoms with Crippen molar-refractivity contribution in [1.82, 2.24) is 14.8 Å². The van der Waals surface area contributed by atoms with E-state index in [4.69, 9.17) is 31.0 Å². The van der Waals surface area contributed by atoms with Crippen molar-refractivity contribution in [1.29, 1.82) is 5.26 Å². The van der Waals surface area contributed by atoms with Gasteiger partial charge in [-0.25, -0.2) is 0 Å². The normalized spacial score (nSPS) is 12.7. The molecule has 1 saturated heterocycles. The molecule has 2 heterocycles. The molecule has 48 heavy (non-hydrogen) atoms. The van der Waals surface area contributed by atoms with Gasteiger partial charge in [0.15, 0.2) is 0 Å². The van der Waals surface area contributed by atoms with Crippen molar-refractivity contribution in [3.63, 3.8) is 0 Å². The molecule has 0 bridgehead atoms. The second-order valence-electron chi connectivity index (χ2n) is 11.9. The zero-order valence-electron chi connectivity index (χ0n) is 27.8. The number of carbonyl (C=O) groups is 2. The number of amides is 1. The number of hydrogen-bond acceptors (Lipinski definition) is 7. The number of ether oxygens (including phenoxy) is 2. The van der Waals surface area contributed by atoms with Crippen molar-refractivity contribution >= 4 is 24.0 Å². The maximum absolute atomic E-state index is 12.8. The van der Waals surface area contributed by atoms with Gasteiger partial charge in [-0.2, -0.15) is 5.26 Å². The molecule has 4 aromatic rings. The van der Waals surface area contributed by atoms with E-state index in [1.165, 1.54) is 25.5 Å². The number of benzene rings is 3. The molecule has 10 heteroatoms. The summed E-state index contributed by atoms with van der Waals surface area (Å²) in [5, 5.41) is 16.7. The average Bonchev–Trinajstić information content (AvgIpc) is 3.09. The van der Waals surface area contributed by atoms with E-state index in [1.807, 2.05) is 43.3 Å². The molecule has 9 nitrogen and oxygen atoms in total. The maximum atomic E-state index is 12.8. The van der Waals surface area contributed by atoms with Crippen LogP contribution in [0.3, 0.4) is 0 Å². The van der Waals surface area contributed by atoms with Crippen LogP contribution in [0.25, 0.3) is 11.1 Å². The molecule has 0 aliphatic carbocycles. The molecule has 1 aromatic heterocycles. The highest BCUT2D eigenvalue weighted by molar-refractivity contribution is 6.32. The number of hydrogen-bond donors (Lipinski definition) is 1. The van der Waals surface area contributed by atoms with Gasteiger partial charge in [-0.15, -0.1) is 0 Å². The lowest BCUT2D eigenvalue weighted by Crippen LogP contribution is -2.29. The van der Waals surface area contributed by atoms with Crippen LogP contribution in [0.1, 0.15) is 63.0 Å². The summed E-state index contributed by atoms with van der Waals surface area (Å²) in [6, 6.07) is 19.7. The molecule has 1 N–H and O–H groups in total. The van der Waals surface area contributed by atoms with E-state index in [9.17, 15) is 10.1 Å². The van der Waals surface area contributed by atoms with Gasteiger partial charge in [0.05, 0.1) is 10.6 Å². The Morgan fingerprint density at radius 2 is 1.62 bits per heavy atom. The number of pyridine rings is 1. The van der Waals surface area contributed by atoms with Gasteiger partial charge in [-0.05, 0) is 85.8 Å². The fourth-order valence-electron chi connectivity index (χ4n) is 5.78. The lowest BCUT2D eigenvalue weighted by Gasteiger charge is -2.27. The zero-order valence-corrected chi connectivity index (χ0v) is 28.6. The summed E-state index contributed by atoms with van der Waals surface area (Å²) < 4.78 is 12.7. The van der Waals surface area contributed by atoms with Crippen LogP contribution in [0.4, 0.5) is 0 Å². The van der Waals surface area contributed by atoms with Crippen LogP contribution in [0.15, 0.2) is 67.0 Å². The summed E-state index contributed by atoms with van der Waals surface area (Å²) >= 11 is 6.82. The van der Waals surface area contributed by atoms with E-state index in [0.29, 0.717) is 34.3 Å². The van der Waals surface area contributed by atoms with Crippen LogP contribution in [0.2, 0.25) is 5.02 Å². The molecule has 0 radical (unpaired) electrons. The van der Waals surface area contributed by atoms with Gasteiger partial charge >= 0.3 is 0 Å². The van der Waals surface area contributed by atoms with Gasteiger partial charge in [0.1, 0.15) is 30.8 Å². The first-order chi connectivity index (χ1) is 23.2. The predicted molar refractivity (Wildman–Crippen MR) is 186 cm³/mol. The number of rotatable bonds is 10. The average molecular weight is 669 g/mol. The van der Waals surface area contributed by atoms with E-state index in [1.54, 1.807) is 31.3 Å².